The number of carbonyl (C=O) groups excluding carboxylic acids is 2. The first kappa shape index (κ1) is 29.2. The molecule has 2 saturated heterocycles. The van der Waals surface area contributed by atoms with E-state index in [1.165, 1.54) is 0 Å². The maximum Gasteiger partial charge on any atom is 0.414 e. The lowest BCUT2D eigenvalue weighted by atomic mass is 9.87. The minimum absolute atomic E-state index is 0.134. The molecule has 1 aliphatic carbocycles. The van der Waals surface area contributed by atoms with Crippen LogP contribution in [0, 0.1) is 16.7 Å². The summed E-state index contributed by atoms with van der Waals surface area (Å²) >= 11 is 0. The van der Waals surface area contributed by atoms with E-state index >= 15 is 0 Å². The topological polar surface area (TPSA) is 119 Å². The summed E-state index contributed by atoms with van der Waals surface area (Å²) in [5.74, 6) is 0.0566. The molecule has 2 heterocycles. The van der Waals surface area contributed by atoms with Crippen molar-refractivity contribution in [3.8, 4) is 6.07 Å². The van der Waals surface area contributed by atoms with Crippen LogP contribution < -0.4 is 10.6 Å². The number of guanidine groups is 1. The number of rotatable bonds is 7. The zero-order chi connectivity index (χ0) is 26.9. The Balaban J connectivity index is 1.75. The number of nitriles is 1. The number of alkyl carbamates (subject to hydrolysis) is 1. The first-order chi connectivity index (χ1) is 17.6. The summed E-state index contributed by atoms with van der Waals surface area (Å²) in [6.07, 6.45) is 5.67. The highest BCUT2D eigenvalue weighted by atomic mass is 16.6. The Kier molecular flexibility index (Phi) is 10.6. The molecule has 2 aliphatic heterocycles. The van der Waals surface area contributed by atoms with Crippen molar-refractivity contribution in [2.75, 3.05) is 45.9 Å². The van der Waals surface area contributed by atoms with Crippen LogP contribution in [0.15, 0.2) is 4.99 Å². The van der Waals surface area contributed by atoms with Crippen LogP contribution in [0.2, 0.25) is 0 Å². The summed E-state index contributed by atoms with van der Waals surface area (Å²) in [4.78, 5) is 35.6. The van der Waals surface area contributed by atoms with E-state index in [2.05, 4.69) is 49.3 Å². The van der Waals surface area contributed by atoms with Crippen molar-refractivity contribution in [3.05, 3.63) is 0 Å². The maximum atomic E-state index is 13.5. The zero-order valence-electron chi connectivity index (χ0n) is 23.2. The molecule has 0 aromatic rings. The van der Waals surface area contributed by atoms with E-state index in [0.717, 1.165) is 51.7 Å². The summed E-state index contributed by atoms with van der Waals surface area (Å²) in [5, 5.41) is 15.7. The smallest absolute Gasteiger partial charge is 0.414 e. The third-order valence-electron chi connectivity index (χ3n) is 7.29. The third-order valence-corrected chi connectivity index (χ3v) is 7.29. The largest absolute Gasteiger partial charge is 0.446 e. The number of likely N-dealkylation sites (tertiary alicyclic amines) is 1. The summed E-state index contributed by atoms with van der Waals surface area (Å²) in [5.41, 5.74) is -1.02. The van der Waals surface area contributed by atoms with Gasteiger partial charge in [-0.25, -0.2) is 9.79 Å². The molecule has 10 nitrogen and oxygen atoms in total. The number of nitrogens with zero attached hydrogens (tertiary/aromatic N) is 4. The Hall–Kier alpha value is -2.38. The Labute approximate surface area is 222 Å². The monoisotopic (exact) mass is 518 g/mol. The number of nitrogens with one attached hydrogen (secondary N) is 2. The molecule has 2 amide bonds. The van der Waals surface area contributed by atoms with Gasteiger partial charge in [-0.15, -0.1) is 0 Å². The molecule has 3 rings (SSSR count). The minimum Gasteiger partial charge on any atom is -0.446 e. The minimum atomic E-state index is -0.832. The Bertz CT molecular complexity index is 829. The number of aliphatic imine (C=N–C) groups is 1. The van der Waals surface area contributed by atoms with Gasteiger partial charge in [-0.05, 0) is 63.3 Å². The molecule has 10 heteroatoms. The SMILES string of the molecule is CCCN1CCC(OC(=O)NC(=NC(CC(C)(C)C)C(=O)NC2(C#N)CCCC2)N2CCOCC2)CC1. The van der Waals surface area contributed by atoms with Gasteiger partial charge in [0.15, 0.2) is 0 Å². The van der Waals surface area contributed by atoms with Crippen molar-refractivity contribution in [2.24, 2.45) is 10.4 Å². The second-order valence-corrected chi connectivity index (χ2v) is 11.8. The Morgan fingerprint density at radius 3 is 2.38 bits per heavy atom. The predicted octanol–water partition coefficient (Wildman–Crippen LogP) is 3.03. The molecule has 0 aromatic heterocycles. The molecule has 208 valence electrons. The molecule has 1 saturated carbocycles. The predicted molar refractivity (Wildman–Crippen MR) is 142 cm³/mol. The van der Waals surface area contributed by atoms with Crippen LogP contribution in [0.3, 0.4) is 0 Å². The number of morpholine rings is 1. The molecule has 2 N–H and O–H groups in total. The number of ether oxygens (including phenoxy) is 2. The van der Waals surface area contributed by atoms with Gasteiger partial charge in [-0.1, -0.05) is 27.7 Å². The lowest BCUT2D eigenvalue weighted by Gasteiger charge is -2.33. The van der Waals surface area contributed by atoms with Crippen molar-refractivity contribution in [3.63, 3.8) is 0 Å². The summed E-state index contributed by atoms with van der Waals surface area (Å²) in [6, 6.07) is 1.58. The van der Waals surface area contributed by atoms with E-state index in [0.29, 0.717) is 51.5 Å². The normalized spacial score (nSPS) is 22.2. The molecule has 0 aromatic carbocycles. The van der Waals surface area contributed by atoms with Gasteiger partial charge in [-0.3, -0.25) is 10.1 Å². The van der Waals surface area contributed by atoms with Crippen molar-refractivity contribution in [1.82, 2.24) is 20.4 Å². The highest BCUT2D eigenvalue weighted by Crippen LogP contribution is 2.30. The van der Waals surface area contributed by atoms with Gasteiger partial charge in [0.25, 0.3) is 0 Å². The number of hydrogen-bond acceptors (Lipinski definition) is 7. The first-order valence-corrected chi connectivity index (χ1v) is 14.0. The molecular weight excluding hydrogens is 472 g/mol. The summed E-state index contributed by atoms with van der Waals surface area (Å²) in [7, 11) is 0. The molecule has 0 bridgehead atoms. The van der Waals surface area contributed by atoms with Gasteiger partial charge in [-0.2, -0.15) is 5.26 Å². The van der Waals surface area contributed by atoms with Crippen molar-refractivity contribution >= 4 is 18.0 Å². The van der Waals surface area contributed by atoms with Gasteiger partial charge < -0.3 is 24.6 Å². The molecular formula is C27H46N6O4. The number of piperidine rings is 1. The van der Waals surface area contributed by atoms with Crippen LogP contribution in [-0.4, -0.2) is 91.4 Å². The second-order valence-electron chi connectivity index (χ2n) is 11.8. The second kappa shape index (κ2) is 13.4. The first-order valence-electron chi connectivity index (χ1n) is 14.0. The van der Waals surface area contributed by atoms with Crippen molar-refractivity contribution in [2.45, 2.75) is 96.7 Å². The summed E-state index contributed by atoms with van der Waals surface area (Å²) < 4.78 is 11.3. The van der Waals surface area contributed by atoms with Crippen LogP contribution in [0.1, 0.15) is 79.1 Å². The Morgan fingerprint density at radius 2 is 1.81 bits per heavy atom. The van der Waals surface area contributed by atoms with Crippen molar-refractivity contribution < 1.29 is 19.1 Å². The van der Waals surface area contributed by atoms with Gasteiger partial charge in [0.05, 0.1) is 19.3 Å². The van der Waals surface area contributed by atoms with Crippen LogP contribution in [0.25, 0.3) is 0 Å². The fourth-order valence-corrected chi connectivity index (χ4v) is 5.29. The lowest BCUT2D eigenvalue weighted by molar-refractivity contribution is -0.124. The number of carbonyl (C=O) groups is 2. The molecule has 1 atom stereocenters. The standard InChI is InChI=1S/C27H46N6O4/c1-5-12-32-13-8-21(9-14-32)37-25(35)30-24(33-15-17-36-18-16-33)29-22(19-26(2,3)4)23(34)31-27(20-28)10-6-7-11-27/h21-22H,5-19H2,1-4H3,(H,31,34)(H,29,30,35). The van der Waals surface area contributed by atoms with Gasteiger partial charge in [0.2, 0.25) is 11.9 Å². The van der Waals surface area contributed by atoms with E-state index in [9.17, 15) is 14.9 Å². The van der Waals surface area contributed by atoms with Crippen LogP contribution in [-0.2, 0) is 14.3 Å². The fourth-order valence-electron chi connectivity index (χ4n) is 5.29. The molecule has 1 unspecified atom stereocenters. The molecule has 3 fully saturated rings. The number of hydrogen-bond donors (Lipinski definition) is 2. The third kappa shape index (κ3) is 9.15. The van der Waals surface area contributed by atoms with Gasteiger partial charge in [0.1, 0.15) is 17.7 Å². The molecule has 3 aliphatic rings. The fraction of sp³-hybridized carbons (Fsp3) is 0.852. The lowest BCUT2D eigenvalue weighted by Crippen LogP contribution is -2.53. The number of amides is 2. The van der Waals surface area contributed by atoms with Crippen LogP contribution >= 0.6 is 0 Å². The Morgan fingerprint density at radius 1 is 1.16 bits per heavy atom. The van der Waals surface area contributed by atoms with Crippen LogP contribution in [0.4, 0.5) is 4.79 Å². The average molecular weight is 519 g/mol. The maximum absolute atomic E-state index is 13.5. The zero-order valence-corrected chi connectivity index (χ0v) is 23.2. The average Bonchev–Trinajstić information content (AvgIpc) is 3.33. The van der Waals surface area contributed by atoms with E-state index in [1.807, 2.05) is 4.90 Å². The van der Waals surface area contributed by atoms with Gasteiger partial charge >= 0.3 is 6.09 Å². The van der Waals surface area contributed by atoms with E-state index in [4.69, 9.17) is 14.5 Å². The highest BCUT2D eigenvalue weighted by molar-refractivity contribution is 5.96. The summed E-state index contributed by atoms with van der Waals surface area (Å²) in [6.45, 7) is 13.4. The highest BCUT2D eigenvalue weighted by Gasteiger charge is 2.38. The van der Waals surface area contributed by atoms with Gasteiger partial charge in [0, 0.05) is 26.2 Å². The van der Waals surface area contributed by atoms with E-state index in [-0.39, 0.29) is 17.4 Å². The van der Waals surface area contributed by atoms with Crippen molar-refractivity contribution in [1.29, 1.82) is 5.26 Å². The molecule has 37 heavy (non-hydrogen) atoms. The molecule has 0 radical (unpaired) electrons. The van der Waals surface area contributed by atoms with E-state index < -0.39 is 17.7 Å². The molecule has 0 spiro atoms. The van der Waals surface area contributed by atoms with E-state index in [1.54, 1.807) is 0 Å². The quantitative estimate of drug-likeness (QED) is 0.393. The van der Waals surface area contributed by atoms with Crippen LogP contribution in [0.5, 0.6) is 0 Å².